The summed E-state index contributed by atoms with van der Waals surface area (Å²) in [6.45, 7) is 0. The lowest BCUT2D eigenvalue weighted by atomic mass is 10.1. The summed E-state index contributed by atoms with van der Waals surface area (Å²) < 4.78 is 7.00. The van der Waals surface area contributed by atoms with E-state index >= 15 is 0 Å². The third-order valence-electron chi connectivity index (χ3n) is 9.06. The van der Waals surface area contributed by atoms with Crippen molar-refractivity contribution in [2.45, 2.75) is 0 Å². The summed E-state index contributed by atoms with van der Waals surface area (Å²) in [5.74, 6) is 0.918. The molecule has 0 bridgehead atoms. The van der Waals surface area contributed by atoms with E-state index in [4.69, 9.17) is 9.97 Å². The highest BCUT2D eigenvalue weighted by Gasteiger charge is 2.22. The largest absolute Gasteiger partial charge is 0.309 e. The first-order chi connectivity index (χ1) is 22.3. The van der Waals surface area contributed by atoms with Crippen molar-refractivity contribution in [3.8, 4) is 22.6 Å². The minimum Gasteiger partial charge on any atom is -0.309 e. The number of benzene rings is 6. The summed E-state index contributed by atoms with van der Waals surface area (Å²) in [5, 5.41) is 6.07. The Balaban J connectivity index is 1.30. The van der Waals surface area contributed by atoms with Crippen molar-refractivity contribution in [1.82, 2.24) is 19.1 Å². The van der Waals surface area contributed by atoms with E-state index in [1.54, 1.807) is 17.7 Å². The molecule has 0 fully saturated rings. The van der Waals surface area contributed by atoms with Gasteiger partial charge in [0.15, 0.2) is 5.82 Å². The van der Waals surface area contributed by atoms with Gasteiger partial charge >= 0.3 is 0 Å². The Morgan fingerprint density at radius 3 is 1.73 bits per heavy atom. The molecule has 45 heavy (non-hydrogen) atoms. The Bertz CT molecular complexity index is 2700. The smallest absolute Gasteiger partial charge is 0.159 e. The van der Waals surface area contributed by atoms with Gasteiger partial charge in [-0.15, -0.1) is 11.3 Å². The summed E-state index contributed by atoms with van der Waals surface area (Å²) in [7, 11) is 0. The number of para-hydroxylation sites is 3. The average molecular weight is 593 g/mol. The van der Waals surface area contributed by atoms with Crippen molar-refractivity contribution in [3.63, 3.8) is 0 Å². The molecule has 0 saturated heterocycles. The Labute approximate surface area is 262 Å². The lowest BCUT2D eigenvalue weighted by Crippen LogP contribution is -1.98. The number of rotatable bonds is 3. The van der Waals surface area contributed by atoms with Crippen LogP contribution in [0, 0.1) is 0 Å². The molecule has 0 radical (unpaired) electrons. The maximum absolute atomic E-state index is 4.98. The molecule has 6 aromatic carbocycles. The molecule has 0 N–H and O–H groups in total. The number of hydrogen-bond donors (Lipinski definition) is 0. The highest BCUT2D eigenvalue weighted by atomic mass is 32.1. The molecule has 5 heteroatoms. The summed E-state index contributed by atoms with van der Waals surface area (Å²) >= 11 is 1.77. The fourth-order valence-corrected chi connectivity index (χ4v) is 8.25. The highest BCUT2D eigenvalue weighted by Crippen LogP contribution is 2.44. The average Bonchev–Trinajstić information content (AvgIpc) is 3.76. The quantitative estimate of drug-likeness (QED) is 0.205. The lowest BCUT2D eigenvalue weighted by molar-refractivity contribution is 1.08. The summed E-state index contributed by atoms with van der Waals surface area (Å²) in [4.78, 5) is 9.92. The summed E-state index contributed by atoms with van der Waals surface area (Å²) in [5.41, 5.74) is 9.19. The molecule has 210 valence electrons. The van der Waals surface area contributed by atoms with E-state index in [0.717, 1.165) is 32.8 Å². The zero-order valence-electron chi connectivity index (χ0n) is 24.1. The number of aromatic nitrogens is 4. The van der Waals surface area contributed by atoms with Crippen LogP contribution in [-0.2, 0) is 0 Å². The Kier molecular flexibility index (Phi) is 5.12. The number of fused-ring (bicyclic) bond motifs is 10. The molecule has 0 unspecified atom stereocenters. The first-order valence-electron chi connectivity index (χ1n) is 15.1. The monoisotopic (exact) mass is 592 g/mol. The Hall–Kier alpha value is -5.78. The maximum atomic E-state index is 4.98. The molecule has 0 saturated carbocycles. The maximum Gasteiger partial charge on any atom is 0.159 e. The zero-order valence-corrected chi connectivity index (χ0v) is 24.9. The lowest BCUT2D eigenvalue weighted by Gasteiger charge is -2.10. The third kappa shape index (κ3) is 3.47. The number of thiophene rings is 1. The number of hydrogen-bond acceptors (Lipinski definition) is 3. The van der Waals surface area contributed by atoms with E-state index in [1.165, 1.54) is 53.8 Å². The van der Waals surface area contributed by atoms with Crippen molar-refractivity contribution in [2.75, 3.05) is 0 Å². The molecule has 4 heterocycles. The second kappa shape index (κ2) is 9.36. The van der Waals surface area contributed by atoms with Crippen molar-refractivity contribution >= 4 is 75.3 Å². The van der Waals surface area contributed by atoms with Gasteiger partial charge in [0.1, 0.15) is 6.33 Å². The molecular formula is C40H24N4S. The van der Waals surface area contributed by atoms with Gasteiger partial charge in [-0.3, -0.25) is 4.57 Å². The van der Waals surface area contributed by atoms with Crippen LogP contribution in [0.1, 0.15) is 0 Å². The zero-order chi connectivity index (χ0) is 29.5. The highest BCUT2D eigenvalue weighted by molar-refractivity contribution is 7.26. The first-order valence-corrected chi connectivity index (χ1v) is 15.9. The van der Waals surface area contributed by atoms with Crippen LogP contribution < -0.4 is 0 Å². The van der Waals surface area contributed by atoms with Crippen LogP contribution in [0.4, 0.5) is 0 Å². The van der Waals surface area contributed by atoms with E-state index in [9.17, 15) is 0 Å². The van der Waals surface area contributed by atoms with Gasteiger partial charge in [0, 0.05) is 37.3 Å². The van der Waals surface area contributed by atoms with Gasteiger partial charge in [0.05, 0.1) is 32.3 Å². The third-order valence-corrected chi connectivity index (χ3v) is 10.2. The minimum atomic E-state index is 0.918. The van der Waals surface area contributed by atoms with E-state index < -0.39 is 0 Å². The molecule has 10 rings (SSSR count). The van der Waals surface area contributed by atoms with Crippen molar-refractivity contribution < 1.29 is 0 Å². The van der Waals surface area contributed by atoms with Gasteiger partial charge in [0.2, 0.25) is 0 Å². The first kappa shape index (κ1) is 24.6. The van der Waals surface area contributed by atoms with Crippen LogP contribution in [0.25, 0.3) is 86.5 Å². The van der Waals surface area contributed by atoms with Crippen LogP contribution in [-0.4, -0.2) is 19.1 Å². The molecule has 0 aliphatic heterocycles. The van der Waals surface area contributed by atoms with Gasteiger partial charge in [-0.05, 0) is 47.5 Å². The van der Waals surface area contributed by atoms with Crippen LogP contribution in [0.3, 0.4) is 0 Å². The van der Waals surface area contributed by atoms with Crippen molar-refractivity contribution in [2.24, 2.45) is 0 Å². The van der Waals surface area contributed by atoms with Gasteiger partial charge in [-0.2, -0.15) is 0 Å². The van der Waals surface area contributed by atoms with E-state index in [-0.39, 0.29) is 0 Å². The topological polar surface area (TPSA) is 35.6 Å². The van der Waals surface area contributed by atoms with Gasteiger partial charge in [-0.25, -0.2) is 9.97 Å². The van der Waals surface area contributed by atoms with Gasteiger partial charge in [-0.1, -0.05) is 103 Å². The number of nitrogens with zero attached hydrogens (tertiary/aromatic N) is 4. The molecule has 0 spiro atoms. The van der Waals surface area contributed by atoms with Crippen molar-refractivity contribution in [1.29, 1.82) is 0 Å². The SMILES string of the molecule is c1ccc(-c2ccc(-n3c4ccccc4c4ccc5sc6c(-n7c8ccccc8c8ccccc87)ncnc6c5c43)cc2)cc1. The Morgan fingerprint density at radius 2 is 1.04 bits per heavy atom. The van der Waals surface area contributed by atoms with Crippen LogP contribution in [0.2, 0.25) is 0 Å². The minimum absolute atomic E-state index is 0.918. The van der Waals surface area contributed by atoms with Crippen LogP contribution in [0.15, 0.2) is 146 Å². The molecule has 0 aliphatic carbocycles. The molecule has 0 amide bonds. The van der Waals surface area contributed by atoms with E-state index in [1.807, 2.05) is 0 Å². The molecule has 0 aliphatic rings. The van der Waals surface area contributed by atoms with Crippen molar-refractivity contribution in [3.05, 3.63) is 146 Å². The predicted molar refractivity (Wildman–Crippen MR) is 189 cm³/mol. The fraction of sp³-hybridized carbons (Fsp3) is 0. The molecule has 4 aromatic heterocycles. The second-order valence-corrected chi connectivity index (χ2v) is 12.5. The summed E-state index contributed by atoms with van der Waals surface area (Å²) in [6, 6.07) is 49.9. The molecular weight excluding hydrogens is 569 g/mol. The molecule has 10 aromatic rings. The second-order valence-electron chi connectivity index (χ2n) is 11.4. The van der Waals surface area contributed by atoms with Gasteiger partial charge < -0.3 is 4.57 Å². The van der Waals surface area contributed by atoms with Crippen LogP contribution in [0.5, 0.6) is 0 Å². The van der Waals surface area contributed by atoms with E-state index in [2.05, 4.69) is 149 Å². The standard InChI is InChI=1S/C40H24N4S/c1-2-10-25(11-3-1)26-18-20-27(21-19-26)43-32-15-7-6-14-30(32)31-22-23-35-36(38(31)43)37-39(45-35)40(42-24-41-37)44-33-16-8-4-12-28(33)29-13-5-9-17-34(29)44/h1-24H. The van der Waals surface area contributed by atoms with Gasteiger partial charge in [0.25, 0.3) is 0 Å². The van der Waals surface area contributed by atoms with Crippen LogP contribution >= 0.6 is 11.3 Å². The molecule has 4 nitrogen and oxygen atoms in total. The predicted octanol–water partition coefficient (Wildman–Crippen LogP) is 10.7. The summed E-state index contributed by atoms with van der Waals surface area (Å²) in [6.07, 6.45) is 1.73. The molecule has 0 atom stereocenters. The Morgan fingerprint density at radius 1 is 0.467 bits per heavy atom. The fourth-order valence-electron chi connectivity index (χ4n) is 7.11. The van der Waals surface area contributed by atoms with E-state index in [0.29, 0.717) is 0 Å². The normalized spacial score (nSPS) is 12.0.